The van der Waals surface area contributed by atoms with Gasteiger partial charge < -0.3 is 4.57 Å². The van der Waals surface area contributed by atoms with Crippen LogP contribution < -0.4 is 0 Å². The van der Waals surface area contributed by atoms with Crippen LogP contribution in [-0.2, 0) is 22.6 Å². The van der Waals surface area contributed by atoms with Gasteiger partial charge in [0.25, 0.3) is 0 Å². The topological polar surface area (TPSA) is 52.0 Å². The molecule has 4 nitrogen and oxygen atoms in total. The van der Waals surface area contributed by atoms with Crippen molar-refractivity contribution in [3.05, 3.63) is 16.6 Å². The molecular weight excluding hydrogens is 268 g/mol. The lowest BCUT2D eigenvalue weighted by molar-refractivity contribution is 0.583. The van der Waals surface area contributed by atoms with Crippen LogP contribution in [0.15, 0.2) is 10.8 Å². The summed E-state index contributed by atoms with van der Waals surface area (Å²) in [7, 11) is -1.28. The van der Waals surface area contributed by atoms with E-state index < -0.39 is 9.84 Å². The Hall–Kier alpha value is -0.360. The summed E-state index contributed by atoms with van der Waals surface area (Å²) in [6.45, 7) is 3.35. The molecule has 0 spiro atoms. The molecule has 1 rings (SSSR count). The van der Waals surface area contributed by atoms with E-state index in [1.54, 1.807) is 31.7 Å². The zero-order chi connectivity index (χ0) is 10.9. The Labute approximate surface area is 92.4 Å². The second-order valence-electron chi connectivity index (χ2n) is 3.45. The summed E-state index contributed by atoms with van der Waals surface area (Å²) in [5.74, 6) is 0.554. The Balaban J connectivity index is 2.95. The molecule has 6 heteroatoms. The van der Waals surface area contributed by atoms with E-state index >= 15 is 0 Å². The number of rotatable bonds is 3. The first-order valence-electron chi connectivity index (χ1n) is 4.22. The maximum atomic E-state index is 11.6. The predicted octanol–water partition coefficient (Wildman–Crippen LogP) is 1.51. The van der Waals surface area contributed by atoms with E-state index in [4.69, 9.17) is 0 Å². The monoisotopic (exact) mass is 280 g/mol. The van der Waals surface area contributed by atoms with Gasteiger partial charge in [-0.3, -0.25) is 0 Å². The quantitative estimate of drug-likeness (QED) is 0.843. The van der Waals surface area contributed by atoms with Crippen molar-refractivity contribution >= 4 is 25.8 Å². The second-order valence-corrected chi connectivity index (χ2v) is 6.82. The molecule has 1 aromatic rings. The minimum absolute atomic E-state index is 0.00718. The van der Waals surface area contributed by atoms with E-state index in [0.29, 0.717) is 10.4 Å². The first kappa shape index (κ1) is 11.7. The number of aromatic nitrogens is 2. The highest BCUT2D eigenvalue weighted by molar-refractivity contribution is 9.10. The molecule has 14 heavy (non-hydrogen) atoms. The Morgan fingerprint density at radius 1 is 1.57 bits per heavy atom. The van der Waals surface area contributed by atoms with Crippen LogP contribution in [0.2, 0.25) is 0 Å². The minimum atomic E-state index is -3.06. The van der Waals surface area contributed by atoms with Gasteiger partial charge in [0.1, 0.15) is 16.2 Å². The van der Waals surface area contributed by atoms with Crippen LogP contribution in [0.1, 0.15) is 19.7 Å². The third-order valence-corrected chi connectivity index (χ3v) is 4.47. The number of hydrogen-bond acceptors (Lipinski definition) is 3. The van der Waals surface area contributed by atoms with E-state index in [0.717, 1.165) is 0 Å². The zero-order valence-corrected chi connectivity index (χ0v) is 10.8. The molecule has 0 aromatic carbocycles. The first-order chi connectivity index (χ1) is 6.33. The van der Waals surface area contributed by atoms with Crippen LogP contribution in [0, 0.1) is 0 Å². The number of nitrogens with zero attached hydrogens (tertiary/aromatic N) is 2. The molecule has 0 unspecified atom stereocenters. The van der Waals surface area contributed by atoms with Crippen LogP contribution in [0.25, 0.3) is 0 Å². The Kier molecular flexibility index (Phi) is 3.36. The third kappa shape index (κ3) is 2.57. The molecule has 0 amide bonds. The molecule has 0 atom stereocenters. The average Bonchev–Trinajstić information content (AvgIpc) is 2.29. The molecule has 0 aliphatic carbocycles. The van der Waals surface area contributed by atoms with Gasteiger partial charge in [0.2, 0.25) is 0 Å². The fourth-order valence-corrected chi connectivity index (χ4v) is 2.42. The molecule has 1 aromatic heterocycles. The summed E-state index contributed by atoms with van der Waals surface area (Å²) in [6.07, 6.45) is 1.74. The first-order valence-corrected chi connectivity index (χ1v) is 6.73. The molecule has 0 saturated heterocycles. The lowest BCUT2D eigenvalue weighted by Gasteiger charge is -2.06. The van der Waals surface area contributed by atoms with Crippen molar-refractivity contribution in [2.45, 2.75) is 24.9 Å². The van der Waals surface area contributed by atoms with Gasteiger partial charge in [0, 0.05) is 13.2 Å². The van der Waals surface area contributed by atoms with Crippen molar-refractivity contribution in [3.63, 3.8) is 0 Å². The smallest absolute Gasteiger partial charge is 0.159 e. The number of sulfone groups is 1. The van der Waals surface area contributed by atoms with E-state index in [-0.39, 0.29) is 11.0 Å². The van der Waals surface area contributed by atoms with E-state index in [1.165, 1.54) is 0 Å². The van der Waals surface area contributed by atoms with Crippen molar-refractivity contribution in [1.82, 2.24) is 9.55 Å². The molecule has 0 N–H and O–H groups in total. The summed E-state index contributed by atoms with van der Waals surface area (Å²) in [4.78, 5) is 4.08. The highest BCUT2D eigenvalue weighted by atomic mass is 79.9. The third-order valence-electron chi connectivity index (χ3n) is 1.99. The number of hydrogen-bond donors (Lipinski definition) is 0. The predicted molar refractivity (Wildman–Crippen MR) is 58.7 cm³/mol. The van der Waals surface area contributed by atoms with Gasteiger partial charge in [-0.15, -0.1) is 0 Å². The van der Waals surface area contributed by atoms with Gasteiger partial charge in [0.15, 0.2) is 9.84 Å². The summed E-state index contributed by atoms with van der Waals surface area (Å²) in [5, 5.41) is -0.363. The van der Waals surface area contributed by atoms with Gasteiger partial charge in [-0.2, -0.15) is 0 Å². The molecule has 0 radical (unpaired) electrons. The SMILES string of the molecule is CC(C)S(=O)(=O)Cc1nc(Br)cn1C. The Morgan fingerprint density at radius 3 is 2.50 bits per heavy atom. The fourth-order valence-electron chi connectivity index (χ4n) is 0.946. The Bertz CT molecular complexity index is 423. The highest BCUT2D eigenvalue weighted by Crippen LogP contribution is 2.13. The minimum Gasteiger partial charge on any atom is -0.336 e. The zero-order valence-electron chi connectivity index (χ0n) is 8.36. The maximum Gasteiger partial charge on any atom is 0.159 e. The molecule has 0 aliphatic rings. The van der Waals surface area contributed by atoms with E-state index in [2.05, 4.69) is 20.9 Å². The lowest BCUT2D eigenvalue weighted by atomic mass is 10.6. The summed E-state index contributed by atoms with van der Waals surface area (Å²) >= 11 is 3.20. The molecule has 1 heterocycles. The standard InChI is InChI=1S/C8H13BrN2O2S/c1-6(2)14(12,13)5-8-10-7(9)4-11(8)3/h4,6H,5H2,1-3H3. The molecule has 0 bridgehead atoms. The molecule has 0 fully saturated rings. The van der Waals surface area contributed by atoms with Crippen LogP contribution in [0.5, 0.6) is 0 Å². The lowest BCUT2D eigenvalue weighted by Crippen LogP contribution is -2.18. The fraction of sp³-hybridized carbons (Fsp3) is 0.625. The average molecular weight is 281 g/mol. The summed E-state index contributed by atoms with van der Waals surface area (Å²) in [6, 6.07) is 0. The van der Waals surface area contributed by atoms with E-state index in [1.807, 2.05) is 0 Å². The summed E-state index contributed by atoms with van der Waals surface area (Å²) < 4.78 is 25.6. The van der Waals surface area contributed by atoms with Crippen LogP contribution in [-0.4, -0.2) is 23.2 Å². The number of aryl methyl sites for hydroxylation is 1. The van der Waals surface area contributed by atoms with Crippen molar-refractivity contribution < 1.29 is 8.42 Å². The largest absolute Gasteiger partial charge is 0.336 e. The van der Waals surface area contributed by atoms with Crippen molar-refractivity contribution in [1.29, 1.82) is 0 Å². The molecule has 0 saturated carbocycles. The Morgan fingerprint density at radius 2 is 2.14 bits per heavy atom. The van der Waals surface area contributed by atoms with Crippen LogP contribution in [0.4, 0.5) is 0 Å². The van der Waals surface area contributed by atoms with Gasteiger partial charge >= 0.3 is 0 Å². The van der Waals surface area contributed by atoms with E-state index in [9.17, 15) is 8.42 Å². The van der Waals surface area contributed by atoms with Gasteiger partial charge in [0.05, 0.1) is 5.25 Å². The van der Waals surface area contributed by atoms with Crippen LogP contribution >= 0.6 is 15.9 Å². The molecular formula is C8H13BrN2O2S. The van der Waals surface area contributed by atoms with Crippen LogP contribution in [0.3, 0.4) is 0 Å². The van der Waals surface area contributed by atoms with Gasteiger partial charge in [-0.05, 0) is 29.8 Å². The number of imidazole rings is 1. The molecule has 0 aliphatic heterocycles. The van der Waals surface area contributed by atoms with Crippen molar-refractivity contribution in [3.8, 4) is 0 Å². The maximum absolute atomic E-state index is 11.6. The van der Waals surface area contributed by atoms with Gasteiger partial charge in [-0.25, -0.2) is 13.4 Å². The van der Waals surface area contributed by atoms with Crippen molar-refractivity contribution in [2.75, 3.05) is 0 Å². The van der Waals surface area contributed by atoms with Gasteiger partial charge in [-0.1, -0.05) is 0 Å². The normalized spacial score (nSPS) is 12.4. The summed E-state index contributed by atoms with van der Waals surface area (Å²) in [5.41, 5.74) is 0. The van der Waals surface area contributed by atoms with Crippen molar-refractivity contribution in [2.24, 2.45) is 7.05 Å². The number of halogens is 1. The highest BCUT2D eigenvalue weighted by Gasteiger charge is 2.19. The second kappa shape index (κ2) is 4.02. The molecule has 80 valence electrons.